The smallest absolute Gasteiger partial charge is 0.260 e. The number of hydrogen-bond acceptors (Lipinski definition) is 5. The Morgan fingerprint density at radius 3 is 1.43 bits per heavy atom. The van der Waals surface area contributed by atoms with Crippen LogP contribution in [0.5, 0.6) is 23.0 Å². The van der Waals surface area contributed by atoms with Crippen molar-refractivity contribution in [2.24, 2.45) is 0 Å². The molecule has 5 nitrogen and oxygen atoms in total. The molecule has 0 radical (unpaired) electrons. The van der Waals surface area contributed by atoms with E-state index in [0.717, 1.165) is 95.4 Å². The summed E-state index contributed by atoms with van der Waals surface area (Å²) in [6.45, 7) is -0.0977. The van der Waals surface area contributed by atoms with E-state index in [2.05, 4.69) is 168 Å². The zero-order chi connectivity index (χ0) is 35.6. The predicted molar refractivity (Wildman–Crippen MR) is 221 cm³/mol. The molecular weight excluding hydrogens is 663 g/mol. The molecule has 8 aromatic carbocycles. The van der Waals surface area contributed by atoms with E-state index < -0.39 is 0 Å². The number of para-hydroxylation sites is 5. The van der Waals surface area contributed by atoms with E-state index in [0.29, 0.717) is 0 Å². The fourth-order valence-electron chi connectivity index (χ4n) is 8.16. The van der Waals surface area contributed by atoms with Crippen molar-refractivity contribution in [1.82, 2.24) is 0 Å². The Balaban J connectivity index is 1.08. The Bertz CT molecular complexity index is 2760. The molecule has 2 aliphatic heterocycles. The first-order chi connectivity index (χ1) is 26.8. The van der Waals surface area contributed by atoms with Gasteiger partial charge >= 0.3 is 0 Å². The van der Waals surface area contributed by atoms with Crippen LogP contribution in [0.2, 0.25) is 0 Å². The highest BCUT2D eigenvalue weighted by atomic mass is 16.5. The maximum absolute atomic E-state index is 6.95. The topological polar surface area (TPSA) is 38.1 Å². The fraction of sp³-hybridized carbons (Fsp3) is 0. The zero-order valence-corrected chi connectivity index (χ0v) is 29.1. The summed E-state index contributed by atoms with van der Waals surface area (Å²) in [6.07, 6.45) is 0. The maximum Gasteiger partial charge on any atom is 0.260 e. The summed E-state index contributed by atoms with van der Waals surface area (Å²) >= 11 is 0. The highest BCUT2D eigenvalue weighted by Gasteiger charge is 2.41. The van der Waals surface area contributed by atoms with E-state index in [1.807, 2.05) is 30.3 Å². The quantitative estimate of drug-likeness (QED) is 0.162. The summed E-state index contributed by atoms with van der Waals surface area (Å²) in [5.41, 5.74) is 11.0. The van der Waals surface area contributed by atoms with Crippen molar-refractivity contribution in [3.05, 3.63) is 188 Å². The van der Waals surface area contributed by atoms with Crippen LogP contribution >= 0.6 is 0 Å². The van der Waals surface area contributed by atoms with Crippen molar-refractivity contribution < 1.29 is 13.9 Å². The number of ether oxygens (including phenoxy) is 2. The van der Waals surface area contributed by atoms with Crippen LogP contribution in [0.15, 0.2) is 192 Å². The number of nitrogens with zero attached hydrogens (tertiary/aromatic N) is 2. The van der Waals surface area contributed by atoms with Crippen molar-refractivity contribution in [2.45, 2.75) is 0 Å². The summed E-state index contributed by atoms with van der Waals surface area (Å²) in [5, 5.41) is 2.05. The van der Waals surface area contributed by atoms with E-state index >= 15 is 0 Å². The van der Waals surface area contributed by atoms with Crippen LogP contribution < -0.4 is 35.7 Å². The molecule has 0 fully saturated rings. The third-order valence-electron chi connectivity index (χ3n) is 10.5. The molecule has 11 rings (SSSR count). The van der Waals surface area contributed by atoms with Crippen molar-refractivity contribution in [2.75, 3.05) is 9.80 Å². The number of rotatable bonds is 6. The van der Waals surface area contributed by atoms with Gasteiger partial charge in [0.2, 0.25) is 0 Å². The maximum atomic E-state index is 6.95. The van der Waals surface area contributed by atoms with Gasteiger partial charge in [-0.15, -0.1) is 0 Å². The largest absolute Gasteiger partial charge is 0.458 e. The van der Waals surface area contributed by atoms with Crippen molar-refractivity contribution in [3.8, 4) is 23.0 Å². The van der Waals surface area contributed by atoms with Gasteiger partial charge in [0.25, 0.3) is 6.71 Å². The molecule has 54 heavy (non-hydrogen) atoms. The Morgan fingerprint density at radius 2 is 0.833 bits per heavy atom. The minimum absolute atomic E-state index is 0.0977. The molecule has 0 unspecified atom stereocenters. The normalized spacial score (nSPS) is 12.3. The van der Waals surface area contributed by atoms with Gasteiger partial charge in [0, 0.05) is 62.9 Å². The molecule has 254 valence electrons. The highest BCUT2D eigenvalue weighted by Crippen LogP contribution is 2.44. The number of hydrogen-bond donors (Lipinski definition) is 0. The molecule has 0 spiro atoms. The van der Waals surface area contributed by atoms with Crippen LogP contribution in [0.3, 0.4) is 0 Å². The summed E-state index contributed by atoms with van der Waals surface area (Å²) in [4.78, 5) is 4.50. The van der Waals surface area contributed by atoms with Crippen LogP contribution in [-0.2, 0) is 0 Å². The molecule has 0 aliphatic carbocycles. The van der Waals surface area contributed by atoms with E-state index in [9.17, 15) is 0 Å². The summed E-state index contributed by atoms with van der Waals surface area (Å²) in [5.74, 6) is 3.22. The van der Waals surface area contributed by atoms with Crippen molar-refractivity contribution >= 4 is 79.2 Å². The molecule has 0 atom stereocenters. The molecule has 3 heterocycles. The van der Waals surface area contributed by atoms with E-state index in [1.54, 1.807) is 0 Å². The predicted octanol–water partition coefficient (Wildman–Crippen LogP) is 11.3. The molecule has 9 aromatic rings. The first kappa shape index (κ1) is 30.5. The van der Waals surface area contributed by atoms with Crippen LogP contribution in [0, 0.1) is 0 Å². The van der Waals surface area contributed by atoms with Crippen LogP contribution in [0.4, 0.5) is 34.1 Å². The standard InChI is InChI=1S/C48H31BN2O3/c1-5-15-32(16-6-1)50(33-17-7-2-8-18-33)36-25-26-38-39-30-45-41(31-44(39)53-43(38)27-36)49-40-23-13-14-24-42(40)52-46-28-37(29-47(54-45)48(46)49)51(34-19-9-3-10-20-34)35-21-11-4-12-22-35/h1-31H. The number of anilines is 6. The molecule has 2 aliphatic rings. The molecular formula is C48H31BN2O3. The Hall–Kier alpha value is -7.18. The zero-order valence-electron chi connectivity index (χ0n) is 29.1. The monoisotopic (exact) mass is 694 g/mol. The van der Waals surface area contributed by atoms with Gasteiger partial charge in [-0.25, -0.2) is 0 Å². The van der Waals surface area contributed by atoms with Gasteiger partial charge in [0.15, 0.2) is 0 Å². The third kappa shape index (κ3) is 4.88. The van der Waals surface area contributed by atoms with Crippen molar-refractivity contribution in [1.29, 1.82) is 0 Å². The Labute approximate surface area is 312 Å². The Morgan fingerprint density at radius 1 is 0.333 bits per heavy atom. The average molecular weight is 695 g/mol. The van der Waals surface area contributed by atoms with E-state index in [4.69, 9.17) is 13.9 Å². The minimum atomic E-state index is -0.0977. The first-order valence-corrected chi connectivity index (χ1v) is 18.2. The van der Waals surface area contributed by atoms with Crippen molar-refractivity contribution in [3.63, 3.8) is 0 Å². The minimum Gasteiger partial charge on any atom is -0.458 e. The number of furan rings is 1. The number of fused-ring (bicyclic) bond motifs is 7. The lowest BCUT2D eigenvalue weighted by Gasteiger charge is -2.34. The lowest BCUT2D eigenvalue weighted by molar-refractivity contribution is 0.465. The molecule has 0 saturated heterocycles. The molecule has 6 heteroatoms. The fourth-order valence-corrected chi connectivity index (χ4v) is 8.16. The second-order valence-electron chi connectivity index (χ2n) is 13.7. The lowest BCUT2D eigenvalue weighted by Crippen LogP contribution is -2.57. The van der Waals surface area contributed by atoms with Gasteiger partial charge in [-0.05, 0) is 89.8 Å². The van der Waals surface area contributed by atoms with E-state index in [-0.39, 0.29) is 6.71 Å². The molecule has 0 N–H and O–H groups in total. The number of benzene rings is 8. The summed E-state index contributed by atoms with van der Waals surface area (Å²) < 4.78 is 20.4. The van der Waals surface area contributed by atoms with E-state index in [1.165, 1.54) is 0 Å². The van der Waals surface area contributed by atoms with Gasteiger partial charge in [-0.1, -0.05) is 91.0 Å². The molecule has 1 aromatic heterocycles. The van der Waals surface area contributed by atoms with Gasteiger partial charge in [0.05, 0.1) is 5.69 Å². The molecule has 0 saturated carbocycles. The Kier molecular flexibility index (Phi) is 6.89. The molecule has 0 amide bonds. The van der Waals surface area contributed by atoms with Gasteiger partial charge in [-0.3, -0.25) is 0 Å². The second-order valence-corrected chi connectivity index (χ2v) is 13.7. The van der Waals surface area contributed by atoms with Gasteiger partial charge < -0.3 is 23.7 Å². The molecule has 0 bridgehead atoms. The van der Waals surface area contributed by atoms with Gasteiger partial charge in [-0.2, -0.15) is 0 Å². The first-order valence-electron chi connectivity index (χ1n) is 18.2. The SMILES string of the molecule is c1ccc(N(c2ccccc2)c2cc3c4c(c2)Oc2cc5c(cc2B4c2ccccc2O3)oc2cc(N(c3ccccc3)c3ccccc3)ccc25)cc1. The van der Waals surface area contributed by atoms with Gasteiger partial charge in [0.1, 0.15) is 34.2 Å². The second kappa shape index (κ2) is 12.2. The summed E-state index contributed by atoms with van der Waals surface area (Å²) in [7, 11) is 0. The van der Waals surface area contributed by atoms with Crippen LogP contribution in [0.25, 0.3) is 21.9 Å². The summed E-state index contributed by atoms with van der Waals surface area (Å²) in [6, 6.07) is 65.1. The lowest BCUT2D eigenvalue weighted by atomic mass is 9.35. The van der Waals surface area contributed by atoms with Crippen LogP contribution in [0.1, 0.15) is 0 Å². The average Bonchev–Trinajstić information content (AvgIpc) is 3.58. The van der Waals surface area contributed by atoms with Crippen LogP contribution in [-0.4, -0.2) is 6.71 Å². The third-order valence-corrected chi connectivity index (χ3v) is 10.5. The highest BCUT2D eigenvalue weighted by molar-refractivity contribution is 6.98.